The number of anilines is 1. The number of hydrazone groups is 1. The van der Waals surface area contributed by atoms with E-state index >= 15 is 0 Å². The van der Waals surface area contributed by atoms with Crippen LogP contribution in [0.15, 0.2) is 53.6 Å². The molecule has 0 fully saturated rings. The third-order valence-electron chi connectivity index (χ3n) is 3.10. The summed E-state index contributed by atoms with van der Waals surface area (Å²) in [5.74, 6) is 0.487. The zero-order valence-electron chi connectivity index (χ0n) is 12.0. The summed E-state index contributed by atoms with van der Waals surface area (Å²) >= 11 is 0. The first-order valence-electron chi connectivity index (χ1n) is 6.70. The summed E-state index contributed by atoms with van der Waals surface area (Å²) in [6.45, 7) is 4.28. The lowest BCUT2D eigenvalue weighted by Crippen LogP contribution is -1.96. The molecule has 2 rings (SSSR count). The predicted molar refractivity (Wildman–Crippen MR) is 84.8 cm³/mol. The van der Waals surface area contributed by atoms with Crippen molar-refractivity contribution in [2.24, 2.45) is 5.10 Å². The van der Waals surface area contributed by atoms with E-state index in [0.29, 0.717) is 11.6 Å². The molecular formula is C16H17N3O2. The Labute approximate surface area is 123 Å². The molecule has 0 saturated heterocycles. The van der Waals surface area contributed by atoms with Gasteiger partial charge in [-0.3, -0.25) is 15.5 Å². The van der Waals surface area contributed by atoms with Gasteiger partial charge in [-0.25, -0.2) is 0 Å². The Bertz CT molecular complexity index is 649. The molecule has 0 unspecified atom stereocenters. The Kier molecular flexibility index (Phi) is 4.66. The molecule has 0 amide bonds. The first kappa shape index (κ1) is 14.7. The van der Waals surface area contributed by atoms with E-state index in [1.807, 2.05) is 12.1 Å². The summed E-state index contributed by atoms with van der Waals surface area (Å²) < 4.78 is 0. The van der Waals surface area contributed by atoms with Crippen molar-refractivity contribution >= 4 is 17.6 Å². The van der Waals surface area contributed by atoms with Crippen LogP contribution >= 0.6 is 0 Å². The van der Waals surface area contributed by atoms with E-state index in [1.165, 1.54) is 11.6 Å². The number of nitrogens with zero attached hydrogens (tertiary/aromatic N) is 2. The number of hydrogen-bond acceptors (Lipinski definition) is 4. The summed E-state index contributed by atoms with van der Waals surface area (Å²) in [5, 5.41) is 14.9. The highest BCUT2D eigenvalue weighted by Crippen LogP contribution is 2.23. The molecule has 5 heteroatoms. The smallest absolute Gasteiger partial charge is 0.272 e. The Balaban J connectivity index is 2.07. The van der Waals surface area contributed by atoms with E-state index < -0.39 is 4.92 Å². The van der Waals surface area contributed by atoms with Gasteiger partial charge >= 0.3 is 0 Å². The van der Waals surface area contributed by atoms with E-state index in [9.17, 15) is 10.1 Å². The largest absolute Gasteiger partial charge is 0.294 e. The quantitative estimate of drug-likeness (QED) is 0.509. The van der Waals surface area contributed by atoms with Crippen LogP contribution in [0, 0.1) is 10.1 Å². The van der Waals surface area contributed by atoms with Crippen LogP contribution in [0.4, 0.5) is 11.4 Å². The highest BCUT2D eigenvalue weighted by atomic mass is 16.6. The maximum atomic E-state index is 10.9. The lowest BCUT2D eigenvalue weighted by molar-refractivity contribution is -0.384. The minimum atomic E-state index is -0.435. The molecule has 1 N–H and O–H groups in total. The van der Waals surface area contributed by atoms with Crippen molar-refractivity contribution in [3.05, 3.63) is 69.8 Å². The SMILES string of the molecule is CC(C)c1ccc(/C=N\Nc2ccccc2[N+](=O)[O-])cc1. The summed E-state index contributed by atoms with van der Waals surface area (Å²) in [7, 11) is 0. The molecule has 0 radical (unpaired) electrons. The highest BCUT2D eigenvalue weighted by molar-refractivity contribution is 5.80. The molecule has 5 nitrogen and oxygen atoms in total. The number of nitro benzene ring substituents is 1. The van der Waals surface area contributed by atoms with Crippen molar-refractivity contribution in [2.45, 2.75) is 19.8 Å². The molecule has 0 aromatic heterocycles. The van der Waals surface area contributed by atoms with Crippen LogP contribution < -0.4 is 5.43 Å². The van der Waals surface area contributed by atoms with E-state index in [0.717, 1.165) is 5.56 Å². The van der Waals surface area contributed by atoms with Crippen molar-refractivity contribution in [2.75, 3.05) is 5.43 Å². The van der Waals surface area contributed by atoms with Gasteiger partial charge in [0.2, 0.25) is 0 Å². The fourth-order valence-corrected chi connectivity index (χ4v) is 1.87. The first-order chi connectivity index (χ1) is 10.1. The van der Waals surface area contributed by atoms with Crippen LogP contribution in [0.2, 0.25) is 0 Å². The van der Waals surface area contributed by atoms with E-state index in [2.05, 4.69) is 36.5 Å². The molecule has 0 aliphatic rings. The van der Waals surface area contributed by atoms with Gasteiger partial charge in [-0.15, -0.1) is 0 Å². The number of nitrogens with one attached hydrogen (secondary N) is 1. The summed E-state index contributed by atoms with van der Waals surface area (Å²) in [6.07, 6.45) is 1.64. The zero-order valence-corrected chi connectivity index (χ0v) is 12.0. The van der Waals surface area contributed by atoms with Crippen molar-refractivity contribution in [1.82, 2.24) is 0 Å². The monoisotopic (exact) mass is 283 g/mol. The van der Waals surface area contributed by atoms with Crippen LogP contribution in [0.25, 0.3) is 0 Å². The fourth-order valence-electron chi connectivity index (χ4n) is 1.87. The molecule has 2 aromatic rings. The number of rotatable bonds is 5. The Morgan fingerprint density at radius 1 is 1.14 bits per heavy atom. The third kappa shape index (κ3) is 3.89. The second-order valence-corrected chi connectivity index (χ2v) is 4.97. The molecule has 21 heavy (non-hydrogen) atoms. The average molecular weight is 283 g/mol. The fraction of sp³-hybridized carbons (Fsp3) is 0.188. The number of para-hydroxylation sites is 2. The molecule has 0 saturated carbocycles. The van der Waals surface area contributed by atoms with Crippen LogP contribution in [-0.4, -0.2) is 11.1 Å². The maximum Gasteiger partial charge on any atom is 0.294 e. The second kappa shape index (κ2) is 6.65. The predicted octanol–water partition coefficient (Wildman–Crippen LogP) is 4.16. The number of hydrogen-bond donors (Lipinski definition) is 1. The van der Waals surface area contributed by atoms with Gasteiger partial charge in [0.1, 0.15) is 5.69 Å². The standard InChI is InChI=1S/C16H17N3O2/c1-12(2)14-9-7-13(8-10-14)11-17-18-15-5-3-4-6-16(15)19(20)21/h3-12,18H,1-2H3/b17-11-. The lowest BCUT2D eigenvalue weighted by atomic mass is 10.0. The molecule has 0 atom stereocenters. The normalized spacial score (nSPS) is 11.0. The van der Waals surface area contributed by atoms with Gasteiger partial charge in [0, 0.05) is 6.07 Å². The number of benzene rings is 2. The minimum Gasteiger partial charge on any atom is -0.272 e. The average Bonchev–Trinajstić information content (AvgIpc) is 2.48. The van der Waals surface area contributed by atoms with Crippen molar-refractivity contribution < 1.29 is 4.92 Å². The Morgan fingerprint density at radius 3 is 2.43 bits per heavy atom. The van der Waals surface area contributed by atoms with E-state index in [-0.39, 0.29) is 5.69 Å². The second-order valence-electron chi connectivity index (χ2n) is 4.97. The van der Waals surface area contributed by atoms with Gasteiger partial charge in [0.25, 0.3) is 5.69 Å². The molecule has 108 valence electrons. The van der Waals surface area contributed by atoms with Crippen LogP contribution in [0.1, 0.15) is 30.9 Å². The van der Waals surface area contributed by atoms with Crippen molar-refractivity contribution in [3.8, 4) is 0 Å². The van der Waals surface area contributed by atoms with Gasteiger partial charge in [0.05, 0.1) is 11.1 Å². The lowest BCUT2D eigenvalue weighted by Gasteiger charge is -2.04. The third-order valence-corrected chi connectivity index (χ3v) is 3.10. The summed E-state index contributed by atoms with van der Waals surface area (Å²) in [6, 6.07) is 14.5. The zero-order chi connectivity index (χ0) is 15.2. The van der Waals surface area contributed by atoms with Crippen molar-refractivity contribution in [1.29, 1.82) is 0 Å². The highest BCUT2D eigenvalue weighted by Gasteiger charge is 2.10. The van der Waals surface area contributed by atoms with Gasteiger partial charge in [-0.1, -0.05) is 50.2 Å². The van der Waals surface area contributed by atoms with Crippen LogP contribution in [-0.2, 0) is 0 Å². The minimum absolute atomic E-state index is 0.00445. The molecule has 2 aromatic carbocycles. The van der Waals surface area contributed by atoms with Crippen LogP contribution in [0.3, 0.4) is 0 Å². The molecular weight excluding hydrogens is 266 g/mol. The van der Waals surface area contributed by atoms with E-state index in [4.69, 9.17) is 0 Å². The summed E-state index contributed by atoms with van der Waals surface area (Å²) in [5.41, 5.74) is 5.28. The van der Waals surface area contributed by atoms with Gasteiger partial charge in [-0.2, -0.15) is 5.10 Å². The Morgan fingerprint density at radius 2 is 1.81 bits per heavy atom. The topological polar surface area (TPSA) is 67.5 Å². The molecule has 0 heterocycles. The molecule has 0 aliphatic heterocycles. The van der Waals surface area contributed by atoms with Gasteiger partial charge in [0.15, 0.2) is 0 Å². The van der Waals surface area contributed by atoms with Gasteiger partial charge in [-0.05, 0) is 23.1 Å². The number of nitro groups is 1. The molecule has 0 aliphatic carbocycles. The molecule has 0 bridgehead atoms. The summed E-state index contributed by atoms with van der Waals surface area (Å²) in [4.78, 5) is 10.4. The maximum absolute atomic E-state index is 10.9. The molecule has 0 spiro atoms. The first-order valence-corrected chi connectivity index (χ1v) is 6.70. The van der Waals surface area contributed by atoms with Gasteiger partial charge < -0.3 is 0 Å². The van der Waals surface area contributed by atoms with E-state index in [1.54, 1.807) is 24.4 Å². The Hall–Kier alpha value is -2.69. The van der Waals surface area contributed by atoms with Crippen molar-refractivity contribution in [3.63, 3.8) is 0 Å². The van der Waals surface area contributed by atoms with Crippen LogP contribution in [0.5, 0.6) is 0 Å².